The number of thiol groups is 2. The fourth-order valence-corrected chi connectivity index (χ4v) is 21.0. The first-order chi connectivity index (χ1) is 62.2. The van der Waals surface area contributed by atoms with Crippen molar-refractivity contribution in [1.29, 1.82) is 0 Å². The summed E-state index contributed by atoms with van der Waals surface area (Å²) in [6.07, 6.45) is 1.25. The van der Waals surface area contributed by atoms with Crippen LogP contribution in [0.25, 0.3) is 126 Å². The number of amides is 1. The minimum atomic E-state index is -0.936. The summed E-state index contributed by atoms with van der Waals surface area (Å²) in [5, 5.41) is 55.1. The number of aryl methyl sites for hydroxylation is 12. The van der Waals surface area contributed by atoms with Gasteiger partial charge in [-0.3, -0.25) is 29.7 Å². The van der Waals surface area contributed by atoms with E-state index in [1.165, 1.54) is 112 Å². The standard InChI is InChI=1S/C17H21N3S.C16H15N3OS.C16H19N3S.C14H13NS.C13H11NOS.C12H10O2S.C11H10S.C4H12N2.C3H8/c1-10-5-6-13-14(20-10)7-8-15-16(13)17(12(3)21-15)19-9-11(2)18-4;1-8-3-4-10-11(18-8)5-6-12-13(10)14-15(21-12)16(20)19-9(2)7-17-14;1-9(17)8-18-16-11(3)20-14-7-6-13-12(15(14)16)5-4-10(2)19-13;1-8-4-5-11-12(15-8)6-7-13-14(11)9(2)10(3)16-13;1-7-3-4-9-10(14-7)5-6-11-12(9)13(15)8(2)16-11;1-7-2-4-9-8(6-7)3-5-10(15)11(9)12(13)14;1-8-2-3-10-7-11(12)5-4-9(10)6-8;1-4(3-5)6-2;1-3-2/h5-8,11,18-19H,9H2,1-4H3;3-6,9,17H,7H2,1-2H3,(H,19,20);4-7,9,18H,8,17H2,1-3H3;4-7H,1-3H3;3-6,15H,1-2H3;2-6,15H,1H3,(H,13,14);2-7,12H,1H3;4,6H,3,5H2,1-2H3;3H2,1-2H3. The lowest BCUT2D eigenvalue weighted by Gasteiger charge is -2.13. The van der Waals surface area contributed by atoms with Crippen LogP contribution in [-0.4, -0.2) is 111 Å². The van der Waals surface area contributed by atoms with Crippen LogP contribution in [0.2, 0.25) is 0 Å². The number of hydrogen-bond donors (Lipinski definition) is 12. The molecule has 0 fully saturated rings. The number of carbonyl (C=O) groups excluding carboxylic acids is 1. The van der Waals surface area contributed by atoms with Crippen molar-refractivity contribution in [2.24, 2.45) is 11.5 Å². The normalized spacial score (nSPS) is 12.8. The minimum absolute atomic E-state index is 0.0110. The largest absolute Gasteiger partial charge is 0.506 e. The summed E-state index contributed by atoms with van der Waals surface area (Å²) in [7, 11) is 3.89. The Labute approximate surface area is 793 Å². The topological polar surface area (TPSA) is 263 Å². The third-order valence-electron chi connectivity index (χ3n) is 22.3. The SMILES string of the molecule is CCC.CNC(C)CN.CNC(C)CNc1c(C)sc2ccc3nc(C)ccc3c12.Cc1ccc2c(C(=O)O)c(S)ccc2c1.Cc1ccc2c(ccc3sc(C)c(C)c32)n1.Cc1ccc2c(ccc3sc(C)c(NCC(C)N)c32)n1.Cc1ccc2c(ccc3sc(C)c(O)c32)n1.Cc1ccc2c(ccc3sc4c(c32)NCC(C)NC4=O)n1.Cc1ccc2cc(S)ccc2c1. The molecule has 20 rings (SSSR count). The molecule has 0 saturated carbocycles. The lowest BCUT2D eigenvalue weighted by atomic mass is 10.0. The number of benzene rings is 9. The van der Waals surface area contributed by atoms with E-state index >= 15 is 0 Å². The van der Waals surface area contributed by atoms with Crippen molar-refractivity contribution < 1.29 is 19.8 Å². The highest BCUT2D eigenvalue weighted by atomic mass is 32.1. The van der Waals surface area contributed by atoms with Crippen LogP contribution in [0.5, 0.6) is 5.75 Å². The summed E-state index contributed by atoms with van der Waals surface area (Å²) >= 11 is 17.1. The monoisotopic (exact) mass is 1860 g/mol. The number of aromatic hydroxyl groups is 1. The van der Waals surface area contributed by atoms with E-state index in [2.05, 4.69) is 253 Å². The van der Waals surface area contributed by atoms with E-state index in [0.29, 0.717) is 22.7 Å². The molecule has 17 nitrogen and oxygen atoms in total. The number of carbonyl (C=O) groups is 2. The average molecular weight is 1860 g/mol. The lowest BCUT2D eigenvalue weighted by molar-refractivity contribution is 0.0695. The minimum Gasteiger partial charge on any atom is -0.506 e. The summed E-state index contributed by atoms with van der Waals surface area (Å²) in [6, 6.07) is 65.1. The summed E-state index contributed by atoms with van der Waals surface area (Å²) in [5.41, 5.74) is 28.9. The number of carboxylic acids is 1. The number of hydrogen-bond acceptors (Lipinski definition) is 22. The number of nitrogens with two attached hydrogens (primary N) is 2. The molecule has 4 unspecified atom stereocenters. The smallest absolute Gasteiger partial charge is 0.337 e. The molecule has 674 valence electrons. The molecule has 0 aliphatic carbocycles. The molecular formula is C106H119N13O4S7. The molecule has 1 aliphatic heterocycles. The van der Waals surface area contributed by atoms with E-state index < -0.39 is 5.97 Å². The van der Waals surface area contributed by atoms with Gasteiger partial charge in [-0.2, -0.15) is 0 Å². The van der Waals surface area contributed by atoms with Gasteiger partial charge in [-0.05, 0) is 261 Å². The van der Waals surface area contributed by atoms with Crippen molar-refractivity contribution >= 4 is 237 Å². The van der Waals surface area contributed by atoms with E-state index in [9.17, 15) is 14.7 Å². The molecule has 0 spiro atoms. The average Bonchev–Trinajstić information content (AvgIpc) is 1.60. The molecule has 11 heterocycles. The second-order valence-electron chi connectivity index (χ2n) is 33.3. The number of nitrogens with one attached hydrogen (secondary N) is 6. The highest BCUT2D eigenvalue weighted by molar-refractivity contribution is 7.80. The summed E-state index contributed by atoms with van der Waals surface area (Å²) in [6.45, 7) is 40.5. The molecule has 10 aromatic heterocycles. The fraction of sp³-hybridized carbons (Fsp3) is 0.274. The zero-order chi connectivity index (χ0) is 93.6. The van der Waals surface area contributed by atoms with Crippen LogP contribution in [0, 0.1) is 83.1 Å². The maximum absolute atomic E-state index is 12.3. The zero-order valence-electron chi connectivity index (χ0n) is 77.8. The molecule has 0 radical (unpaired) electrons. The maximum atomic E-state index is 12.3. The highest BCUT2D eigenvalue weighted by Gasteiger charge is 2.26. The molecule has 1 aliphatic rings. The van der Waals surface area contributed by atoms with Gasteiger partial charge in [-0.1, -0.05) is 110 Å². The first-order valence-electron chi connectivity index (χ1n) is 43.8. The Kier molecular flexibility index (Phi) is 33.4. The Bertz CT molecular complexity index is 7150. The first-order valence-corrected chi connectivity index (χ1v) is 48.8. The number of aromatic nitrogens is 5. The number of aromatic carboxylic acids is 1. The number of anilines is 3. The summed E-state index contributed by atoms with van der Waals surface area (Å²) in [5.74, 6) is -0.525. The van der Waals surface area contributed by atoms with Crippen LogP contribution in [0.1, 0.15) is 133 Å². The van der Waals surface area contributed by atoms with Crippen molar-refractivity contribution in [3.8, 4) is 5.75 Å². The van der Waals surface area contributed by atoms with Gasteiger partial charge in [0.15, 0.2) is 0 Å². The van der Waals surface area contributed by atoms with Crippen molar-refractivity contribution in [3.05, 3.63) is 263 Å². The van der Waals surface area contributed by atoms with Gasteiger partial charge in [0, 0.05) is 185 Å². The Balaban J connectivity index is 0.000000136. The number of pyridine rings is 5. The molecule has 1 amide bonds. The van der Waals surface area contributed by atoms with Gasteiger partial charge in [-0.15, -0.1) is 81.9 Å². The predicted octanol–water partition coefficient (Wildman–Crippen LogP) is 26.9. The number of carboxylic acid groups (broad SMARTS) is 1. The highest BCUT2D eigenvalue weighted by Crippen LogP contribution is 2.45. The Morgan fingerprint density at radius 2 is 0.854 bits per heavy atom. The van der Waals surface area contributed by atoms with E-state index in [0.717, 1.165) is 150 Å². The summed E-state index contributed by atoms with van der Waals surface area (Å²) in [4.78, 5) is 53.6. The molecule has 19 aromatic rings. The maximum Gasteiger partial charge on any atom is 0.337 e. The van der Waals surface area contributed by atoms with Gasteiger partial charge in [0.1, 0.15) is 10.6 Å². The third-order valence-corrected chi connectivity index (χ3v) is 28.5. The van der Waals surface area contributed by atoms with Gasteiger partial charge in [0.05, 0.1) is 50.2 Å². The molecule has 4 atom stereocenters. The molecule has 9 aromatic carbocycles. The van der Waals surface area contributed by atoms with E-state index in [-0.39, 0.29) is 23.6 Å². The first kappa shape index (κ1) is 98.1. The molecule has 12 N–H and O–H groups in total. The summed E-state index contributed by atoms with van der Waals surface area (Å²) < 4.78 is 6.23. The molecule has 0 bridgehead atoms. The van der Waals surface area contributed by atoms with Crippen molar-refractivity contribution in [2.45, 2.75) is 165 Å². The quantitative estimate of drug-likeness (QED) is 0.0568. The van der Waals surface area contributed by atoms with Gasteiger partial charge in [0.2, 0.25) is 0 Å². The van der Waals surface area contributed by atoms with Crippen LogP contribution in [0.15, 0.2) is 198 Å². The van der Waals surface area contributed by atoms with Crippen molar-refractivity contribution in [3.63, 3.8) is 0 Å². The Hall–Kier alpha value is -11.0. The van der Waals surface area contributed by atoms with E-state index in [1.807, 2.05) is 184 Å². The number of likely N-dealkylation sites (N-methyl/N-ethyl adjacent to an activating group) is 2. The van der Waals surface area contributed by atoms with Crippen LogP contribution < -0.4 is 43.4 Å². The van der Waals surface area contributed by atoms with Gasteiger partial charge in [-0.25, -0.2) is 4.79 Å². The number of nitrogens with zero attached hydrogens (tertiary/aromatic N) is 5. The van der Waals surface area contributed by atoms with Crippen LogP contribution in [0.4, 0.5) is 17.1 Å². The Morgan fingerprint density at radius 1 is 0.469 bits per heavy atom. The van der Waals surface area contributed by atoms with Crippen LogP contribution in [0.3, 0.4) is 0 Å². The number of fused-ring (bicyclic) bond motifs is 19. The fourth-order valence-electron chi connectivity index (χ4n) is 15.2. The lowest BCUT2D eigenvalue weighted by Crippen LogP contribution is -2.34. The van der Waals surface area contributed by atoms with Gasteiger partial charge < -0.3 is 53.6 Å². The number of thiophene rings is 5. The molecule has 130 heavy (non-hydrogen) atoms. The third kappa shape index (κ3) is 23.3. The molecule has 0 saturated heterocycles. The van der Waals surface area contributed by atoms with Gasteiger partial charge >= 0.3 is 5.97 Å². The number of rotatable bonds is 10. The molecule has 24 heteroatoms. The van der Waals surface area contributed by atoms with E-state index in [4.69, 9.17) is 16.6 Å². The van der Waals surface area contributed by atoms with Crippen molar-refractivity contribution in [1.82, 2.24) is 40.9 Å². The second kappa shape index (κ2) is 44.3. The zero-order valence-corrected chi connectivity index (χ0v) is 83.7. The van der Waals surface area contributed by atoms with Crippen LogP contribution >= 0.6 is 81.9 Å². The second-order valence-corrected chi connectivity index (χ2v) is 40.4. The predicted molar refractivity (Wildman–Crippen MR) is 572 cm³/mol. The molecular weight excluding hydrogens is 1740 g/mol. The van der Waals surface area contributed by atoms with Crippen molar-refractivity contribution in [2.75, 3.05) is 56.2 Å². The van der Waals surface area contributed by atoms with E-state index in [1.54, 1.807) is 17.4 Å². The Morgan fingerprint density at radius 3 is 1.32 bits per heavy atom. The van der Waals surface area contributed by atoms with Crippen LogP contribution in [-0.2, 0) is 0 Å². The van der Waals surface area contributed by atoms with Gasteiger partial charge in [0.25, 0.3) is 5.91 Å².